The van der Waals surface area contributed by atoms with E-state index in [-0.39, 0.29) is 0 Å². The average molecular weight is 229 g/mol. The molecule has 1 saturated heterocycles. The van der Waals surface area contributed by atoms with E-state index in [1.54, 1.807) is 0 Å². The Morgan fingerprint density at radius 1 is 1.31 bits per heavy atom. The molecule has 2 N–H and O–H groups in total. The van der Waals surface area contributed by atoms with Crippen LogP contribution in [0, 0.1) is 0 Å². The van der Waals surface area contributed by atoms with Crippen molar-refractivity contribution in [1.82, 2.24) is 5.32 Å². The Kier molecular flexibility index (Phi) is 7.01. The van der Waals surface area contributed by atoms with Crippen LogP contribution in [0.1, 0.15) is 52.4 Å². The molecule has 0 amide bonds. The van der Waals surface area contributed by atoms with Crippen molar-refractivity contribution in [2.24, 2.45) is 0 Å². The molecule has 3 atom stereocenters. The minimum absolute atomic E-state index is 0.302. The molecule has 16 heavy (non-hydrogen) atoms. The maximum absolute atomic E-state index is 8.75. The van der Waals surface area contributed by atoms with Crippen LogP contribution in [0.5, 0.6) is 0 Å². The van der Waals surface area contributed by atoms with Crippen LogP contribution in [0.2, 0.25) is 0 Å². The summed E-state index contributed by atoms with van der Waals surface area (Å²) in [6.07, 6.45) is 7.31. The van der Waals surface area contributed by atoms with Gasteiger partial charge in [0.15, 0.2) is 0 Å². The SMILES string of the molecule is CC(CCCO)NC(C)CCC1CCCO1. The van der Waals surface area contributed by atoms with Crippen molar-refractivity contribution in [1.29, 1.82) is 0 Å². The Morgan fingerprint density at radius 2 is 2.06 bits per heavy atom. The summed E-state index contributed by atoms with van der Waals surface area (Å²) in [5.74, 6) is 0. The highest BCUT2D eigenvalue weighted by Crippen LogP contribution is 2.17. The van der Waals surface area contributed by atoms with E-state index in [4.69, 9.17) is 9.84 Å². The summed E-state index contributed by atoms with van der Waals surface area (Å²) < 4.78 is 5.61. The Morgan fingerprint density at radius 3 is 2.69 bits per heavy atom. The number of aliphatic hydroxyl groups excluding tert-OH is 1. The average Bonchev–Trinajstić information content (AvgIpc) is 2.76. The zero-order valence-electron chi connectivity index (χ0n) is 10.7. The van der Waals surface area contributed by atoms with Gasteiger partial charge in [0.25, 0.3) is 0 Å². The normalized spacial score (nSPS) is 24.6. The monoisotopic (exact) mass is 229 g/mol. The first-order valence-electron chi connectivity index (χ1n) is 6.71. The van der Waals surface area contributed by atoms with Gasteiger partial charge in [0, 0.05) is 25.3 Å². The largest absolute Gasteiger partial charge is 0.396 e. The van der Waals surface area contributed by atoms with E-state index in [9.17, 15) is 0 Å². The van der Waals surface area contributed by atoms with Crippen molar-refractivity contribution >= 4 is 0 Å². The van der Waals surface area contributed by atoms with Gasteiger partial charge in [-0.2, -0.15) is 0 Å². The standard InChI is InChI=1S/C13H27NO2/c1-11(5-3-9-15)14-12(2)7-8-13-6-4-10-16-13/h11-15H,3-10H2,1-2H3. The van der Waals surface area contributed by atoms with Crippen molar-refractivity contribution < 1.29 is 9.84 Å². The smallest absolute Gasteiger partial charge is 0.0576 e. The summed E-state index contributed by atoms with van der Waals surface area (Å²) in [5.41, 5.74) is 0. The summed E-state index contributed by atoms with van der Waals surface area (Å²) in [6.45, 7) is 5.69. The second kappa shape index (κ2) is 8.04. The molecule has 0 radical (unpaired) electrons. The lowest BCUT2D eigenvalue weighted by Gasteiger charge is -2.21. The first-order chi connectivity index (χ1) is 7.72. The molecular formula is C13H27NO2. The van der Waals surface area contributed by atoms with Crippen LogP contribution in [0.25, 0.3) is 0 Å². The molecule has 3 nitrogen and oxygen atoms in total. The number of nitrogens with one attached hydrogen (secondary N) is 1. The van der Waals surface area contributed by atoms with Gasteiger partial charge in [0.1, 0.15) is 0 Å². The fourth-order valence-corrected chi connectivity index (χ4v) is 2.36. The Labute approximate surface area is 99.6 Å². The van der Waals surface area contributed by atoms with Gasteiger partial charge in [-0.15, -0.1) is 0 Å². The Balaban J connectivity index is 2.02. The lowest BCUT2D eigenvalue weighted by atomic mass is 10.1. The third kappa shape index (κ3) is 5.83. The first-order valence-corrected chi connectivity index (χ1v) is 6.71. The number of ether oxygens (including phenoxy) is 1. The highest BCUT2D eigenvalue weighted by atomic mass is 16.5. The highest BCUT2D eigenvalue weighted by Gasteiger charge is 2.16. The van der Waals surface area contributed by atoms with Gasteiger partial charge < -0.3 is 15.2 Å². The van der Waals surface area contributed by atoms with Crippen LogP contribution in [0.3, 0.4) is 0 Å². The Bertz CT molecular complexity index is 169. The van der Waals surface area contributed by atoms with Gasteiger partial charge in [0.2, 0.25) is 0 Å². The second-order valence-corrected chi connectivity index (χ2v) is 5.05. The molecule has 3 unspecified atom stereocenters. The van der Waals surface area contributed by atoms with E-state index in [0.29, 0.717) is 24.8 Å². The predicted octanol–water partition coefficient (Wildman–Crippen LogP) is 2.08. The van der Waals surface area contributed by atoms with Crippen LogP contribution in [0.15, 0.2) is 0 Å². The highest BCUT2D eigenvalue weighted by molar-refractivity contribution is 4.71. The summed E-state index contributed by atoms with van der Waals surface area (Å²) in [5, 5.41) is 12.3. The minimum atomic E-state index is 0.302. The molecule has 1 fully saturated rings. The van der Waals surface area contributed by atoms with E-state index >= 15 is 0 Å². The molecule has 0 aliphatic carbocycles. The van der Waals surface area contributed by atoms with E-state index < -0.39 is 0 Å². The molecular weight excluding hydrogens is 202 g/mol. The molecule has 1 heterocycles. The molecule has 1 rings (SSSR count). The lowest BCUT2D eigenvalue weighted by Crippen LogP contribution is -2.35. The van der Waals surface area contributed by atoms with Crippen molar-refractivity contribution in [3.63, 3.8) is 0 Å². The maximum atomic E-state index is 8.75. The van der Waals surface area contributed by atoms with Gasteiger partial charge in [-0.05, 0) is 52.4 Å². The molecule has 0 bridgehead atoms. The molecule has 3 heteroatoms. The maximum Gasteiger partial charge on any atom is 0.0576 e. The number of hydrogen-bond acceptors (Lipinski definition) is 3. The van der Waals surface area contributed by atoms with Gasteiger partial charge in [-0.3, -0.25) is 0 Å². The fourth-order valence-electron chi connectivity index (χ4n) is 2.36. The molecule has 0 saturated carbocycles. The number of aliphatic hydroxyl groups is 1. The predicted molar refractivity (Wildman–Crippen MR) is 66.6 cm³/mol. The molecule has 0 aromatic rings. The summed E-state index contributed by atoms with van der Waals surface area (Å²) in [6, 6.07) is 1.06. The molecule has 96 valence electrons. The van der Waals surface area contributed by atoms with E-state index in [2.05, 4.69) is 19.2 Å². The van der Waals surface area contributed by atoms with Crippen LogP contribution >= 0.6 is 0 Å². The minimum Gasteiger partial charge on any atom is -0.396 e. The van der Waals surface area contributed by atoms with Gasteiger partial charge in [-0.25, -0.2) is 0 Å². The quantitative estimate of drug-likeness (QED) is 0.669. The molecule has 0 spiro atoms. The molecule has 1 aliphatic rings. The van der Waals surface area contributed by atoms with Gasteiger partial charge in [-0.1, -0.05) is 0 Å². The zero-order chi connectivity index (χ0) is 11.8. The summed E-state index contributed by atoms with van der Waals surface area (Å²) >= 11 is 0. The molecule has 1 aliphatic heterocycles. The second-order valence-electron chi connectivity index (χ2n) is 5.05. The van der Waals surface area contributed by atoms with Gasteiger partial charge >= 0.3 is 0 Å². The zero-order valence-corrected chi connectivity index (χ0v) is 10.7. The molecule has 0 aromatic heterocycles. The third-order valence-electron chi connectivity index (χ3n) is 3.31. The number of hydrogen-bond donors (Lipinski definition) is 2. The first kappa shape index (κ1) is 13.9. The van der Waals surface area contributed by atoms with Crippen LogP contribution in [0.4, 0.5) is 0 Å². The third-order valence-corrected chi connectivity index (χ3v) is 3.31. The fraction of sp³-hybridized carbons (Fsp3) is 1.00. The van der Waals surface area contributed by atoms with E-state index in [1.165, 1.54) is 25.7 Å². The number of rotatable bonds is 8. The topological polar surface area (TPSA) is 41.5 Å². The van der Waals surface area contributed by atoms with Crippen molar-refractivity contribution in [3.05, 3.63) is 0 Å². The molecule has 0 aromatic carbocycles. The van der Waals surface area contributed by atoms with Crippen molar-refractivity contribution in [2.75, 3.05) is 13.2 Å². The van der Waals surface area contributed by atoms with Gasteiger partial charge in [0.05, 0.1) is 6.10 Å². The van der Waals surface area contributed by atoms with Crippen molar-refractivity contribution in [2.45, 2.75) is 70.6 Å². The summed E-state index contributed by atoms with van der Waals surface area (Å²) in [7, 11) is 0. The van der Waals surface area contributed by atoms with E-state index in [1.807, 2.05) is 0 Å². The summed E-state index contributed by atoms with van der Waals surface area (Å²) in [4.78, 5) is 0. The van der Waals surface area contributed by atoms with Crippen LogP contribution < -0.4 is 5.32 Å². The van der Waals surface area contributed by atoms with Crippen LogP contribution in [-0.2, 0) is 4.74 Å². The van der Waals surface area contributed by atoms with E-state index in [0.717, 1.165) is 19.4 Å². The van der Waals surface area contributed by atoms with Crippen LogP contribution in [-0.4, -0.2) is 36.5 Å². The Hall–Kier alpha value is -0.120. The van der Waals surface area contributed by atoms with Crippen molar-refractivity contribution in [3.8, 4) is 0 Å². The lowest BCUT2D eigenvalue weighted by molar-refractivity contribution is 0.0996.